The second kappa shape index (κ2) is 8.03. The molecule has 0 aliphatic rings. The highest BCUT2D eigenvalue weighted by Gasteiger charge is 2.40. The molecule has 0 spiro atoms. The minimum atomic E-state index is -5.35. The average molecular weight is 467 g/mol. The number of benzene rings is 3. The van der Waals surface area contributed by atoms with Crippen LogP contribution in [0.15, 0.2) is 48.5 Å². The number of aryl methyl sites for hydroxylation is 1. The Morgan fingerprint density at radius 2 is 1.35 bits per heavy atom. The van der Waals surface area contributed by atoms with Gasteiger partial charge >= 0.3 is 12.3 Å². The van der Waals surface area contributed by atoms with Crippen LogP contribution in [0.3, 0.4) is 0 Å². The van der Waals surface area contributed by atoms with Crippen LogP contribution < -0.4 is 4.74 Å². The number of ether oxygens (including phenoxy) is 1. The average Bonchev–Trinajstić information content (AvgIpc) is 2.64. The number of hydrogen-bond donors (Lipinski definition) is 0. The Hall–Kier alpha value is -2.81. The molecule has 1 nitrogen and oxygen atoms in total. The lowest BCUT2D eigenvalue weighted by atomic mass is 10.0. The lowest BCUT2D eigenvalue weighted by molar-refractivity contribution is -0.185. The van der Waals surface area contributed by atoms with E-state index in [1.807, 2.05) is 0 Å². The van der Waals surface area contributed by atoms with Gasteiger partial charge in [-0.15, -0.1) is 0 Å². The SMILES string of the molecule is Cc1ccc(-c2ccc(C(F)(F)Oc3cc(F)c(C(F)(F)F)c(F)c3)cc2)c(Cl)c1F. The summed E-state index contributed by atoms with van der Waals surface area (Å²) in [5.41, 5.74) is -2.14. The van der Waals surface area contributed by atoms with Crippen molar-refractivity contribution in [2.75, 3.05) is 0 Å². The Labute approximate surface area is 175 Å². The largest absolute Gasteiger partial charge is 0.429 e. The molecule has 0 unspecified atom stereocenters. The fourth-order valence-corrected chi connectivity index (χ4v) is 3.12. The highest BCUT2D eigenvalue weighted by molar-refractivity contribution is 6.33. The molecule has 0 saturated heterocycles. The highest BCUT2D eigenvalue weighted by atomic mass is 35.5. The maximum atomic E-state index is 14.4. The molecule has 0 saturated carbocycles. The van der Waals surface area contributed by atoms with Crippen molar-refractivity contribution in [1.29, 1.82) is 0 Å². The maximum Gasteiger partial charge on any atom is 0.426 e. The monoisotopic (exact) mass is 466 g/mol. The summed E-state index contributed by atoms with van der Waals surface area (Å²) in [6.07, 6.45) is -9.48. The first kappa shape index (κ1) is 22.9. The Kier molecular flexibility index (Phi) is 5.92. The summed E-state index contributed by atoms with van der Waals surface area (Å²) < 4.78 is 112. The molecule has 0 aromatic heterocycles. The molecule has 164 valence electrons. The predicted molar refractivity (Wildman–Crippen MR) is 97.5 cm³/mol. The first-order valence-corrected chi connectivity index (χ1v) is 8.87. The molecule has 0 N–H and O–H groups in total. The van der Waals surface area contributed by atoms with Gasteiger partial charge in [0.25, 0.3) is 0 Å². The number of rotatable bonds is 4. The normalized spacial score (nSPS) is 12.2. The summed E-state index contributed by atoms with van der Waals surface area (Å²) in [6, 6.07) is 7.17. The third-order valence-corrected chi connectivity index (χ3v) is 4.72. The third kappa shape index (κ3) is 4.61. The van der Waals surface area contributed by atoms with Crippen LogP contribution in [-0.4, -0.2) is 0 Å². The molecule has 0 bridgehead atoms. The van der Waals surface area contributed by atoms with Crippen LogP contribution in [0.5, 0.6) is 5.75 Å². The number of hydrogen-bond acceptors (Lipinski definition) is 1. The molecule has 0 amide bonds. The van der Waals surface area contributed by atoms with Crippen molar-refractivity contribution >= 4 is 11.6 Å². The van der Waals surface area contributed by atoms with Gasteiger partial charge in [-0.2, -0.15) is 22.0 Å². The maximum absolute atomic E-state index is 14.4. The van der Waals surface area contributed by atoms with Crippen molar-refractivity contribution in [3.63, 3.8) is 0 Å². The van der Waals surface area contributed by atoms with Gasteiger partial charge in [0.2, 0.25) is 0 Å². The smallest absolute Gasteiger partial charge is 0.426 e. The standard InChI is InChI=1S/C21H11ClF8O/c1-10-2-7-14(18(22)19(10)25)11-3-5-12(6-4-11)21(29,30)31-13-8-15(23)17(16(24)9-13)20(26,27)28/h2-9H,1H3. The van der Waals surface area contributed by atoms with Gasteiger partial charge in [0.15, 0.2) is 0 Å². The first-order valence-electron chi connectivity index (χ1n) is 8.50. The molecule has 0 heterocycles. The van der Waals surface area contributed by atoms with E-state index >= 15 is 0 Å². The lowest BCUT2D eigenvalue weighted by Crippen LogP contribution is -2.22. The summed E-state index contributed by atoms with van der Waals surface area (Å²) in [6.45, 7) is 1.50. The van der Waals surface area contributed by atoms with Gasteiger partial charge in [-0.05, 0) is 30.2 Å². The minimum absolute atomic E-state index is 0.0169. The summed E-state index contributed by atoms with van der Waals surface area (Å²) >= 11 is 5.95. The molecule has 3 rings (SSSR count). The van der Waals surface area contributed by atoms with Crippen LogP contribution in [0.4, 0.5) is 35.1 Å². The van der Waals surface area contributed by atoms with Crippen LogP contribution in [0, 0.1) is 24.4 Å². The molecule has 31 heavy (non-hydrogen) atoms. The zero-order valence-corrected chi connectivity index (χ0v) is 16.2. The molecular weight excluding hydrogens is 456 g/mol. The van der Waals surface area contributed by atoms with Crippen molar-refractivity contribution < 1.29 is 39.9 Å². The van der Waals surface area contributed by atoms with Gasteiger partial charge in [-0.1, -0.05) is 35.9 Å². The summed E-state index contributed by atoms with van der Waals surface area (Å²) in [4.78, 5) is 0. The van der Waals surface area contributed by atoms with Crippen LogP contribution >= 0.6 is 11.6 Å². The van der Waals surface area contributed by atoms with Crippen LogP contribution in [-0.2, 0) is 12.3 Å². The van der Waals surface area contributed by atoms with Crippen molar-refractivity contribution in [1.82, 2.24) is 0 Å². The van der Waals surface area contributed by atoms with E-state index < -0.39 is 46.6 Å². The second-order valence-electron chi connectivity index (χ2n) is 6.51. The molecular formula is C21H11ClF8O. The van der Waals surface area contributed by atoms with Gasteiger partial charge in [0.05, 0.1) is 10.6 Å². The van der Waals surface area contributed by atoms with Gasteiger partial charge in [-0.25, -0.2) is 13.2 Å². The Morgan fingerprint density at radius 1 is 0.806 bits per heavy atom. The Morgan fingerprint density at radius 3 is 1.87 bits per heavy atom. The van der Waals surface area contributed by atoms with Crippen molar-refractivity contribution in [3.05, 3.63) is 87.7 Å². The number of halogens is 9. The van der Waals surface area contributed by atoms with Gasteiger partial charge in [-0.3, -0.25) is 0 Å². The number of alkyl halides is 5. The van der Waals surface area contributed by atoms with E-state index in [2.05, 4.69) is 4.74 Å². The van der Waals surface area contributed by atoms with Crippen LogP contribution in [0.2, 0.25) is 5.02 Å². The topological polar surface area (TPSA) is 9.23 Å². The third-order valence-electron chi connectivity index (χ3n) is 4.35. The quantitative estimate of drug-likeness (QED) is 0.355. The van der Waals surface area contributed by atoms with Crippen molar-refractivity contribution in [3.8, 4) is 16.9 Å². The van der Waals surface area contributed by atoms with Crippen LogP contribution in [0.1, 0.15) is 16.7 Å². The van der Waals surface area contributed by atoms with E-state index in [9.17, 15) is 35.1 Å². The summed E-state index contributed by atoms with van der Waals surface area (Å²) in [5.74, 6) is -5.99. The molecule has 0 aliphatic heterocycles. The van der Waals surface area contributed by atoms with E-state index in [0.717, 1.165) is 12.1 Å². The van der Waals surface area contributed by atoms with E-state index in [-0.39, 0.29) is 22.7 Å². The molecule has 3 aromatic carbocycles. The molecule has 0 fully saturated rings. The van der Waals surface area contributed by atoms with Gasteiger partial charge < -0.3 is 4.74 Å². The van der Waals surface area contributed by atoms with Crippen molar-refractivity contribution in [2.24, 2.45) is 0 Å². The van der Waals surface area contributed by atoms with Crippen LogP contribution in [0.25, 0.3) is 11.1 Å². The van der Waals surface area contributed by atoms with Gasteiger partial charge in [0, 0.05) is 17.7 Å². The Balaban J connectivity index is 1.89. The van der Waals surface area contributed by atoms with E-state index in [0.29, 0.717) is 11.1 Å². The van der Waals surface area contributed by atoms with Gasteiger partial charge in [0.1, 0.15) is 28.8 Å². The van der Waals surface area contributed by atoms with E-state index in [1.165, 1.54) is 31.2 Å². The molecule has 3 aromatic rings. The summed E-state index contributed by atoms with van der Waals surface area (Å²) in [7, 11) is 0. The second-order valence-corrected chi connectivity index (χ2v) is 6.89. The van der Waals surface area contributed by atoms with Crippen molar-refractivity contribution in [2.45, 2.75) is 19.2 Å². The zero-order chi connectivity index (χ0) is 23.1. The van der Waals surface area contributed by atoms with E-state index in [1.54, 1.807) is 0 Å². The molecule has 0 radical (unpaired) electrons. The molecule has 10 heteroatoms. The minimum Gasteiger partial charge on any atom is -0.429 e. The zero-order valence-electron chi connectivity index (χ0n) is 15.4. The Bertz CT molecular complexity index is 1100. The fraction of sp³-hybridized carbons (Fsp3) is 0.143. The summed E-state index contributed by atoms with van der Waals surface area (Å²) in [5, 5.41) is -0.202. The fourth-order valence-electron chi connectivity index (χ4n) is 2.80. The first-order chi connectivity index (χ1) is 14.3. The molecule has 0 aliphatic carbocycles. The van der Waals surface area contributed by atoms with E-state index in [4.69, 9.17) is 11.6 Å². The molecule has 0 atom stereocenters. The lowest BCUT2D eigenvalue weighted by Gasteiger charge is -2.19. The highest BCUT2D eigenvalue weighted by Crippen LogP contribution is 2.39. The predicted octanol–water partition coefficient (Wildman–Crippen LogP) is 7.88.